The zero-order valence-corrected chi connectivity index (χ0v) is 11.1. The zero-order valence-electron chi connectivity index (χ0n) is 11.1. The molecule has 0 radical (unpaired) electrons. The van der Waals surface area contributed by atoms with E-state index in [9.17, 15) is 0 Å². The third-order valence-electron chi connectivity index (χ3n) is 3.41. The van der Waals surface area contributed by atoms with Crippen molar-refractivity contribution in [2.75, 3.05) is 11.5 Å². The van der Waals surface area contributed by atoms with Crippen LogP contribution in [-0.4, -0.2) is 14.8 Å². The highest BCUT2D eigenvalue weighted by atomic mass is 15.3. The number of nitrogens with two attached hydrogens (primary N) is 2. The molecule has 5 heteroatoms. The first kappa shape index (κ1) is 11.8. The molecule has 0 aliphatic heterocycles. The van der Waals surface area contributed by atoms with Crippen LogP contribution in [-0.2, 0) is 6.54 Å². The van der Waals surface area contributed by atoms with E-state index in [-0.39, 0.29) is 0 Å². The molecule has 0 atom stereocenters. The highest BCUT2D eigenvalue weighted by Crippen LogP contribution is 2.32. The summed E-state index contributed by atoms with van der Waals surface area (Å²) in [5.41, 5.74) is 14.9. The molecule has 0 bridgehead atoms. The first-order chi connectivity index (χ1) is 9.13. The van der Waals surface area contributed by atoms with Crippen LogP contribution >= 0.6 is 0 Å². The number of aromatic nitrogens is 3. The lowest BCUT2D eigenvalue weighted by atomic mass is 10.1. The molecule has 4 N–H and O–H groups in total. The normalized spacial score (nSPS) is 11.5. The predicted molar refractivity (Wildman–Crippen MR) is 78.9 cm³/mol. The van der Waals surface area contributed by atoms with Crippen LogP contribution in [0.4, 0.5) is 11.6 Å². The van der Waals surface area contributed by atoms with E-state index in [1.54, 1.807) is 0 Å². The number of hydrogen-bond donors (Lipinski definition) is 2. The van der Waals surface area contributed by atoms with Gasteiger partial charge in [0.05, 0.1) is 10.9 Å². The van der Waals surface area contributed by atoms with Gasteiger partial charge in [0.25, 0.3) is 0 Å². The van der Waals surface area contributed by atoms with Crippen molar-refractivity contribution in [2.24, 2.45) is 0 Å². The summed E-state index contributed by atoms with van der Waals surface area (Å²) in [4.78, 5) is 4.46. The fraction of sp³-hybridized carbons (Fsp3) is 0.286. The van der Waals surface area contributed by atoms with Gasteiger partial charge < -0.3 is 11.5 Å². The van der Waals surface area contributed by atoms with Crippen molar-refractivity contribution in [3.63, 3.8) is 0 Å². The highest BCUT2D eigenvalue weighted by molar-refractivity contribution is 6.13. The number of nitrogen functional groups attached to an aromatic ring is 2. The Hall–Kier alpha value is -2.30. The van der Waals surface area contributed by atoms with Crippen LogP contribution in [0.15, 0.2) is 18.2 Å². The van der Waals surface area contributed by atoms with Crippen LogP contribution in [0, 0.1) is 6.92 Å². The largest absolute Gasteiger partial charge is 0.383 e. The number of fused-ring (bicyclic) bond motifs is 3. The molecule has 5 nitrogen and oxygen atoms in total. The van der Waals surface area contributed by atoms with Crippen LogP contribution in [0.3, 0.4) is 0 Å². The Labute approximate surface area is 111 Å². The lowest BCUT2D eigenvalue weighted by molar-refractivity contribution is 0.617. The minimum Gasteiger partial charge on any atom is -0.383 e. The van der Waals surface area contributed by atoms with Crippen LogP contribution in [0.5, 0.6) is 0 Å². The zero-order chi connectivity index (χ0) is 13.6. The van der Waals surface area contributed by atoms with Gasteiger partial charge in [0.15, 0.2) is 5.82 Å². The van der Waals surface area contributed by atoms with Crippen molar-refractivity contribution < 1.29 is 0 Å². The Morgan fingerprint density at radius 1 is 1.21 bits per heavy atom. The van der Waals surface area contributed by atoms with Crippen molar-refractivity contribution in [2.45, 2.75) is 26.8 Å². The number of pyridine rings is 1. The first-order valence-corrected chi connectivity index (χ1v) is 6.44. The summed E-state index contributed by atoms with van der Waals surface area (Å²) >= 11 is 0. The van der Waals surface area contributed by atoms with E-state index >= 15 is 0 Å². The Bertz CT molecular complexity index is 772. The number of rotatable bonds is 2. The van der Waals surface area contributed by atoms with Crippen molar-refractivity contribution in [1.29, 1.82) is 0 Å². The summed E-state index contributed by atoms with van der Waals surface area (Å²) in [5.74, 6) is 1.11. The Morgan fingerprint density at radius 3 is 2.74 bits per heavy atom. The summed E-state index contributed by atoms with van der Waals surface area (Å²) < 4.78 is 1.81. The monoisotopic (exact) mass is 255 g/mol. The summed E-state index contributed by atoms with van der Waals surface area (Å²) in [7, 11) is 0. The molecular weight excluding hydrogens is 238 g/mol. The van der Waals surface area contributed by atoms with Gasteiger partial charge in [0.1, 0.15) is 11.3 Å². The van der Waals surface area contributed by atoms with Crippen molar-refractivity contribution in [1.82, 2.24) is 14.8 Å². The van der Waals surface area contributed by atoms with Gasteiger partial charge in [-0.2, -0.15) is 5.10 Å². The average molecular weight is 255 g/mol. The van der Waals surface area contributed by atoms with Crippen molar-refractivity contribution >= 4 is 33.4 Å². The number of para-hydroxylation sites is 1. The second-order valence-corrected chi connectivity index (χ2v) is 4.80. The minimum atomic E-state index is 0.443. The van der Waals surface area contributed by atoms with Crippen molar-refractivity contribution in [3.05, 3.63) is 23.8 Å². The topological polar surface area (TPSA) is 82.8 Å². The Balaban J connectivity index is 2.49. The molecule has 0 unspecified atom stereocenters. The standard InChI is InChI=1S/C14H17N5/c1-3-7-19-14(16)10-9-6-4-5-8(2)11(9)17-13(15)12(10)18-19/h4-6H,3,7,16H2,1-2H3,(H2,15,17). The molecular formula is C14H17N5. The Morgan fingerprint density at radius 2 is 2.00 bits per heavy atom. The third-order valence-corrected chi connectivity index (χ3v) is 3.41. The van der Waals surface area contributed by atoms with E-state index in [2.05, 4.69) is 17.0 Å². The van der Waals surface area contributed by atoms with Crippen molar-refractivity contribution in [3.8, 4) is 0 Å². The minimum absolute atomic E-state index is 0.443. The number of nitrogens with zero attached hydrogens (tertiary/aromatic N) is 3. The molecule has 2 aromatic heterocycles. The lowest BCUT2D eigenvalue weighted by Gasteiger charge is -2.04. The van der Waals surface area contributed by atoms with Gasteiger partial charge in [-0.15, -0.1) is 0 Å². The molecule has 3 rings (SSSR count). The van der Waals surface area contributed by atoms with E-state index < -0.39 is 0 Å². The SMILES string of the molecule is CCCn1nc2c(N)nc3c(C)cccc3c2c1N. The van der Waals surface area contributed by atoms with E-state index in [1.807, 2.05) is 29.8 Å². The maximum absolute atomic E-state index is 6.23. The molecule has 2 heterocycles. The molecule has 0 aliphatic carbocycles. The van der Waals surface area contributed by atoms with E-state index in [0.29, 0.717) is 17.2 Å². The molecule has 98 valence electrons. The maximum atomic E-state index is 6.23. The first-order valence-electron chi connectivity index (χ1n) is 6.44. The van der Waals surface area contributed by atoms with E-state index in [4.69, 9.17) is 11.5 Å². The van der Waals surface area contributed by atoms with Gasteiger partial charge in [-0.25, -0.2) is 9.67 Å². The lowest BCUT2D eigenvalue weighted by Crippen LogP contribution is -2.03. The molecule has 0 aliphatic rings. The summed E-state index contributed by atoms with van der Waals surface area (Å²) in [6.07, 6.45) is 0.975. The smallest absolute Gasteiger partial charge is 0.152 e. The number of hydrogen-bond acceptors (Lipinski definition) is 4. The summed E-state index contributed by atoms with van der Waals surface area (Å²) in [6.45, 7) is 4.90. The fourth-order valence-electron chi connectivity index (χ4n) is 2.48. The molecule has 0 saturated carbocycles. The van der Waals surface area contributed by atoms with Crippen LogP contribution in [0.1, 0.15) is 18.9 Å². The Kier molecular flexibility index (Phi) is 2.55. The van der Waals surface area contributed by atoms with Gasteiger partial charge in [0, 0.05) is 11.9 Å². The van der Waals surface area contributed by atoms with E-state index in [1.165, 1.54) is 0 Å². The van der Waals surface area contributed by atoms with Gasteiger partial charge in [0.2, 0.25) is 0 Å². The van der Waals surface area contributed by atoms with Crippen LogP contribution in [0.25, 0.3) is 21.8 Å². The van der Waals surface area contributed by atoms with E-state index in [0.717, 1.165) is 34.8 Å². The molecule has 3 aromatic rings. The number of aryl methyl sites for hydroxylation is 2. The van der Waals surface area contributed by atoms with Gasteiger partial charge in [-0.05, 0) is 18.9 Å². The average Bonchev–Trinajstić information content (AvgIpc) is 2.71. The van der Waals surface area contributed by atoms with Gasteiger partial charge in [-0.1, -0.05) is 25.1 Å². The summed E-state index contributed by atoms with van der Waals surface area (Å²) in [6, 6.07) is 6.05. The molecule has 0 spiro atoms. The summed E-state index contributed by atoms with van der Waals surface area (Å²) in [5, 5.41) is 6.42. The number of anilines is 2. The molecule has 0 amide bonds. The highest BCUT2D eigenvalue weighted by Gasteiger charge is 2.15. The molecule has 0 saturated heterocycles. The van der Waals surface area contributed by atoms with Crippen LogP contribution < -0.4 is 11.5 Å². The number of benzene rings is 1. The maximum Gasteiger partial charge on any atom is 0.152 e. The molecule has 19 heavy (non-hydrogen) atoms. The van der Waals surface area contributed by atoms with Gasteiger partial charge in [-0.3, -0.25) is 0 Å². The van der Waals surface area contributed by atoms with Crippen LogP contribution in [0.2, 0.25) is 0 Å². The predicted octanol–water partition coefficient (Wildman–Crippen LogP) is 2.47. The quantitative estimate of drug-likeness (QED) is 0.737. The second kappa shape index (κ2) is 4.12. The molecule has 0 fully saturated rings. The second-order valence-electron chi connectivity index (χ2n) is 4.80. The van der Waals surface area contributed by atoms with Gasteiger partial charge >= 0.3 is 0 Å². The fourth-order valence-corrected chi connectivity index (χ4v) is 2.48. The third kappa shape index (κ3) is 1.62. The molecule has 1 aromatic carbocycles.